The number of hydrogen-bond donors (Lipinski definition) is 2. The third-order valence-corrected chi connectivity index (χ3v) is 7.98. The van der Waals surface area contributed by atoms with Gasteiger partial charge in [0.25, 0.3) is 5.56 Å². The van der Waals surface area contributed by atoms with Gasteiger partial charge in [0.15, 0.2) is 0 Å². The molecule has 2 fully saturated rings. The molecular formula is C32H30N6O3. The Balaban J connectivity index is 1.12. The molecule has 2 aliphatic heterocycles. The predicted molar refractivity (Wildman–Crippen MR) is 155 cm³/mol. The summed E-state index contributed by atoms with van der Waals surface area (Å²) in [6.45, 7) is 5.05. The number of carbonyl (C=O) groups is 2. The van der Waals surface area contributed by atoms with Gasteiger partial charge >= 0.3 is 0 Å². The van der Waals surface area contributed by atoms with E-state index < -0.39 is 11.9 Å². The number of carbonyl (C=O) groups excluding carboxylic acids is 2. The summed E-state index contributed by atoms with van der Waals surface area (Å²) < 4.78 is 1.41. The van der Waals surface area contributed by atoms with Crippen LogP contribution in [0.1, 0.15) is 52.9 Å². The highest BCUT2D eigenvalue weighted by Gasteiger charge is 2.31. The molecule has 4 aromatic rings. The van der Waals surface area contributed by atoms with Gasteiger partial charge in [-0.15, -0.1) is 0 Å². The molecule has 3 aromatic carbocycles. The first kappa shape index (κ1) is 26.4. The normalized spacial score (nSPS) is 17.6. The quantitative estimate of drug-likeness (QED) is 0.339. The van der Waals surface area contributed by atoms with E-state index in [0.717, 1.165) is 25.2 Å². The number of nitrogens with one attached hydrogen (secondary N) is 2. The Kier molecular flexibility index (Phi) is 7.08. The van der Waals surface area contributed by atoms with Crippen LogP contribution in [-0.4, -0.2) is 39.4 Å². The van der Waals surface area contributed by atoms with Gasteiger partial charge in [-0.2, -0.15) is 5.26 Å². The number of rotatable bonds is 7. The molecule has 9 nitrogen and oxygen atoms in total. The van der Waals surface area contributed by atoms with Gasteiger partial charge in [-0.25, -0.2) is 4.98 Å². The molecule has 206 valence electrons. The zero-order valence-corrected chi connectivity index (χ0v) is 22.8. The van der Waals surface area contributed by atoms with E-state index in [0.29, 0.717) is 40.4 Å². The van der Waals surface area contributed by atoms with Gasteiger partial charge in [-0.1, -0.05) is 42.5 Å². The highest BCUT2D eigenvalue weighted by atomic mass is 16.2. The molecule has 0 spiro atoms. The maximum absolute atomic E-state index is 13.6. The monoisotopic (exact) mass is 546 g/mol. The van der Waals surface area contributed by atoms with Crippen molar-refractivity contribution in [2.75, 3.05) is 18.4 Å². The fourth-order valence-electron chi connectivity index (χ4n) is 5.79. The van der Waals surface area contributed by atoms with Crippen molar-refractivity contribution in [3.63, 3.8) is 0 Å². The van der Waals surface area contributed by atoms with Gasteiger partial charge in [-0.3, -0.25) is 29.2 Å². The number of hydrogen-bond acceptors (Lipinski definition) is 7. The average molecular weight is 547 g/mol. The summed E-state index contributed by atoms with van der Waals surface area (Å²) in [6, 6.07) is 23.3. The lowest BCUT2D eigenvalue weighted by atomic mass is 9.90. The Morgan fingerprint density at radius 2 is 1.78 bits per heavy atom. The summed E-state index contributed by atoms with van der Waals surface area (Å²) in [4.78, 5) is 44.8. The van der Waals surface area contributed by atoms with Crippen molar-refractivity contribution in [1.82, 2.24) is 19.8 Å². The number of nitriles is 1. The fourth-order valence-corrected chi connectivity index (χ4v) is 5.79. The molecule has 1 atom stereocenters. The molecule has 1 unspecified atom stereocenters. The van der Waals surface area contributed by atoms with Crippen LogP contribution < -0.4 is 16.2 Å². The van der Waals surface area contributed by atoms with Crippen molar-refractivity contribution in [2.24, 2.45) is 0 Å². The second kappa shape index (κ2) is 11.0. The Morgan fingerprint density at radius 3 is 2.54 bits per heavy atom. The Bertz CT molecular complexity index is 1750. The number of fused-ring (bicyclic) bond motifs is 1. The largest absolute Gasteiger partial charge is 0.380 e. The number of piperidine rings is 1. The topological polar surface area (TPSA) is 120 Å². The molecule has 2 amide bonds. The van der Waals surface area contributed by atoms with E-state index in [1.54, 1.807) is 13.0 Å². The molecular weight excluding hydrogens is 516 g/mol. The molecule has 2 aliphatic rings. The van der Waals surface area contributed by atoms with Crippen LogP contribution in [0.25, 0.3) is 10.9 Å². The van der Waals surface area contributed by atoms with Crippen molar-refractivity contribution >= 4 is 28.4 Å². The number of imide groups is 1. The second-order valence-electron chi connectivity index (χ2n) is 10.8. The number of anilines is 1. The van der Waals surface area contributed by atoms with Crippen LogP contribution in [0, 0.1) is 18.3 Å². The molecule has 0 bridgehead atoms. The molecule has 2 saturated heterocycles. The summed E-state index contributed by atoms with van der Waals surface area (Å²) in [6.07, 6.45) is 0.456. The summed E-state index contributed by atoms with van der Waals surface area (Å²) in [5.74, 6) is 0.106. The van der Waals surface area contributed by atoms with Crippen molar-refractivity contribution < 1.29 is 9.59 Å². The number of aromatic nitrogens is 2. The van der Waals surface area contributed by atoms with E-state index in [9.17, 15) is 14.4 Å². The minimum absolute atomic E-state index is 0.185. The first-order chi connectivity index (χ1) is 19.9. The van der Waals surface area contributed by atoms with Crippen molar-refractivity contribution in [2.45, 2.75) is 44.8 Å². The van der Waals surface area contributed by atoms with Crippen LogP contribution in [0.4, 0.5) is 5.69 Å². The standard InChI is InChI=1S/C32H30N6O3/c1-20-35-27-7-3-6-26(30(27)32(41)38(20)28-12-13-29(39)36-31(28)40)34-16-21-8-10-22(11-9-21)17-37-18-25(19-37)24-5-2-4-23(14-24)15-33/h2-11,14,25,28,34H,12-13,16-19H2,1H3,(H,36,39,40). The van der Waals surface area contributed by atoms with Crippen LogP contribution in [0.2, 0.25) is 0 Å². The van der Waals surface area contributed by atoms with Crippen LogP contribution >= 0.6 is 0 Å². The van der Waals surface area contributed by atoms with Gasteiger partial charge in [-0.05, 0) is 54.3 Å². The molecule has 0 saturated carbocycles. The van der Waals surface area contributed by atoms with Gasteiger partial charge in [0.1, 0.15) is 11.9 Å². The van der Waals surface area contributed by atoms with E-state index in [2.05, 4.69) is 56.9 Å². The minimum Gasteiger partial charge on any atom is -0.380 e. The van der Waals surface area contributed by atoms with Crippen molar-refractivity contribution in [3.05, 3.63) is 105 Å². The predicted octanol–water partition coefficient (Wildman–Crippen LogP) is 3.77. The molecule has 2 N–H and O–H groups in total. The number of benzene rings is 3. The van der Waals surface area contributed by atoms with Gasteiger partial charge in [0.2, 0.25) is 11.8 Å². The first-order valence-corrected chi connectivity index (χ1v) is 13.8. The average Bonchev–Trinajstić information content (AvgIpc) is 2.95. The molecule has 6 rings (SSSR count). The summed E-state index contributed by atoms with van der Waals surface area (Å²) in [5, 5.41) is 15.3. The lowest BCUT2D eigenvalue weighted by molar-refractivity contribution is -0.135. The van der Waals surface area contributed by atoms with Crippen LogP contribution in [0.15, 0.2) is 71.5 Å². The number of amides is 2. The SMILES string of the molecule is Cc1nc2cccc(NCc3ccc(CN4CC(c5cccc(C#N)c5)C4)cc3)c2c(=O)n1C1CCC(=O)NC1=O. The summed E-state index contributed by atoms with van der Waals surface area (Å²) >= 11 is 0. The van der Waals surface area contributed by atoms with Crippen LogP contribution in [0.3, 0.4) is 0 Å². The van der Waals surface area contributed by atoms with Gasteiger partial charge < -0.3 is 5.32 Å². The molecule has 0 radical (unpaired) electrons. The number of likely N-dealkylation sites (tertiary alicyclic amines) is 1. The van der Waals surface area contributed by atoms with Crippen LogP contribution in [0.5, 0.6) is 0 Å². The zero-order valence-electron chi connectivity index (χ0n) is 22.8. The Labute approximate surface area is 237 Å². The maximum atomic E-state index is 13.6. The third kappa shape index (κ3) is 5.34. The lowest BCUT2D eigenvalue weighted by Gasteiger charge is -2.39. The lowest BCUT2D eigenvalue weighted by Crippen LogP contribution is -2.45. The fraction of sp³-hybridized carbons (Fsp3) is 0.281. The maximum Gasteiger partial charge on any atom is 0.264 e. The van der Waals surface area contributed by atoms with E-state index >= 15 is 0 Å². The summed E-state index contributed by atoms with van der Waals surface area (Å²) in [7, 11) is 0. The molecule has 1 aromatic heterocycles. The van der Waals surface area contributed by atoms with Gasteiger partial charge in [0.05, 0.1) is 22.5 Å². The molecule has 41 heavy (non-hydrogen) atoms. The molecule has 9 heteroatoms. The number of nitrogens with zero attached hydrogens (tertiary/aromatic N) is 4. The van der Waals surface area contributed by atoms with E-state index in [1.165, 1.54) is 15.7 Å². The van der Waals surface area contributed by atoms with Gasteiger partial charge in [0, 0.05) is 44.2 Å². The Hall–Kier alpha value is -4.81. The first-order valence-electron chi connectivity index (χ1n) is 13.8. The third-order valence-electron chi connectivity index (χ3n) is 7.98. The minimum atomic E-state index is -0.762. The van der Waals surface area contributed by atoms with Crippen molar-refractivity contribution in [3.8, 4) is 6.07 Å². The highest BCUT2D eigenvalue weighted by molar-refractivity contribution is 5.99. The van der Waals surface area contributed by atoms with Crippen LogP contribution in [-0.2, 0) is 22.7 Å². The zero-order chi connectivity index (χ0) is 28.5. The summed E-state index contributed by atoms with van der Waals surface area (Å²) in [5.41, 5.74) is 5.15. The Morgan fingerprint density at radius 1 is 1.02 bits per heavy atom. The van der Waals surface area contributed by atoms with E-state index in [1.807, 2.05) is 30.3 Å². The smallest absolute Gasteiger partial charge is 0.264 e. The van der Waals surface area contributed by atoms with Crippen molar-refractivity contribution in [1.29, 1.82) is 5.26 Å². The highest BCUT2D eigenvalue weighted by Crippen LogP contribution is 2.29. The number of aryl methyl sites for hydroxylation is 1. The molecule has 0 aliphatic carbocycles. The van der Waals surface area contributed by atoms with E-state index in [4.69, 9.17) is 5.26 Å². The second-order valence-corrected chi connectivity index (χ2v) is 10.8. The van der Waals surface area contributed by atoms with E-state index in [-0.39, 0.29) is 24.3 Å². The molecule has 3 heterocycles.